The van der Waals surface area contributed by atoms with Crippen molar-refractivity contribution in [1.82, 2.24) is 19.7 Å². The summed E-state index contributed by atoms with van der Waals surface area (Å²) in [6.07, 6.45) is -3.00. The maximum absolute atomic E-state index is 13.4. The van der Waals surface area contributed by atoms with E-state index in [1.54, 1.807) is 29.7 Å². The second kappa shape index (κ2) is 8.57. The van der Waals surface area contributed by atoms with Crippen molar-refractivity contribution in [3.8, 4) is 11.5 Å². The highest BCUT2D eigenvalue weighted by molar-refractivity contribution is 7.98. The minimum atomic E-state index is -4.64. The van der Waals surface area contributed by atoms with Gasteiger partial charge in [0.25, 0.3) is 0 Å². The molecule has 0 saturated heterocycles. The fraction of sp³-hybridized carbons (Fsp3) is 0.150. The average molecular weight is 450 g/mol. The molecule has 0 atom stereocenters. The number of thioether (sulfide) groups is 1. The van der Waals surface area contributed by atoms with Crippen LogP contribution in [0.25, 0.3) is 11.5 Å². The van der Waals surface area contributed by atoms with Crippen molar-refractivity contribution in [2.24, 2.45) is 0 Å². The van der Waals surface area contributed by atoms with Gasteiger partial charge in [-0.2, -0.15) is 13.2 Å². The van der Waals surface area contributed by atoms with Crippen LogP contribution in [0.3, 0.4) is 0 Å². The highest BCUT2D eigenvalue weighted by Gasteiger charge is 2.33. The highest BCUT2D eigenvalue weighted by atomic mass is 32.2. The summed E-state index contributed by atoms with van der Waals surface area (Å²) in [4.78, 5) is 5.35. The Morgan fingerprint density at radius 2 is 1.90 bits per heavy atom. The summed E-state index contributed by atoms with van der Waals surface area (Å²) in [5.74, 6) is -0.420. The van der Waals surface area contributed by atoms with E-state index in [1.165, 1.54) is 0 Å². The van der Waals surface area contributed by atoms with Gasteiger partial charge in [0.2, 0.25) is 0 Å². The van der Waals surface area contributed by atoms with Crippen LogP contribution in [0.5, 0.6) is 0 Å². The van der Waals surface area contributed by atoms with E-state index in [0.29, 0.717) is 29.3 Å². The number of hydrogen-bond donors (Lipinski definition) is 0. The lowest BCUT2D eigenvalue weighted by atomic mass is 10.1. The Morgan fingerprint density at radius 1 is 1.03 bits per heavy atom. The topological polar surface area (TPSA) is 43.6 Å². The second-order valence-electron chi connectivity index (χ2n) is 6.27. The summed E-state index contributed by atoms with van der Waals surface area (Å²) in [6, 6.07) is 12.0. The molecule has 4 nitrogen and oxygen atoms in total. The molecule has 3 aromatic heterocycles. The molecule has 4 aromatic rings. The van der Waals surface area contributed by atoms with Crippen molar-refractivity contribution in [2.75, 3.05) is 0 Å². The molecule has 10 heteroatoms. The van der Waals surface area contributed by atoms with Gasteiger partial charge in [-0.25, -0.2) is 4.39 Å². The van der Waals surface area contributed by atoms with Crippen LogP contribution in [0.2, 0.25) is 0 Å². The van der Waals surface area contributed by atoms with Gasteiger partial charge in [0.15, 0.2) is 11.0 Å². The van der Waals surface area contributed by atoms with Crippen molar-refractivity contribution in [3.63, 3.8) is 0 Å². The van der Waals surface area contributed by atoms with Crippen molar-refractivity contribution in [3.05, 3.63) is 81.9 Å². The molecule has 1 aromatic carbocycles. The third kappa shape index (κ3) is 4.54. The zero-order chi connectivity index (χ0) is 21.1. The molecule has 0 spiro atoms. The largest absolute Gasteiger partial charge is 0.416 e. The molecule has 0 fully saturated rings. The molecular formula is C20H14F4N4S2. The molecular weight excluding hydrogens is 436 g/mol. The van der Waals surface area contributed by atoms with E-state index >= 15 is 0 Å². The molecule has 4 rings (SSSR count). The van der Waals surface area contributed by atoms with Crippen LogP contribution in [0.1, 0.15) is 16.0 Å². The van der Waals surface area contributed by atoms with E-state index in [1.807, 2.05) is 28.1 Å². The van der Waals surface area contributed by atoms with E-state index in [4.69, 9.17) is 0 Å². The van der Waals surface area contributed by atoms with Crippen LogP contribution in [0, 0.1) is 5.82 Å². The fourth-order valence-corrected chi connectivity index (χ4v) is 4.50. The van der Waals surface area contributed by atoms with Gasteiger partial charge in [-0.05, 0) is 41.3 Å². The second-order valence-corrected chi connectivity index (χ2v) is 8.25. The Kier molecular flexibility index (Phi) is 5.87. The summed E-state index contributed by atoms with van der Waals surface area (Å²) in [5.41, 5.74) is -0.380. The van der Waals surface area contributed by atoms with Gasteiger partial charge >= 0.3 is 6.18 Å². The maximum atomic E-state index is 13.4. The van der Waals surface area contributed by atoms with Crippen molar-refractivity contribution in [2.45, 2.75) is 23.6 Å². The zero-order valence-corrected chi connectivity index (χ0v) is 16.9. The average Bonchev–Trinajstić information content (AvgIpc) is 3.37. The van der Waals surface area contributed by atoms with Crippen LogP contribution in [-0.4, -0.2) is 19.7 Å². The molecule has 3 heterocycles. The molecule has 0 aliphatic heterocycles. The smallest absolute Gasteiger partial charge is 0.295 e. The lowest BCUT2D eigenvalue weighted by molar-refractivity contribution is -0.138. The van der Waals surface area contributed by atoms with Gasteiger partial charge < -0.3 is 0 Å². The molecule has 0 unspecified atom stereocenters. The van der Waals surface area contributed by atoms with Crippen molar-refractivity contribution in [1.29, 1.82) is 0 Å². The predicted molar refractivity (Wildman–Crippen MR) is 108 cm³/mol. The number of halogens is 4. The molecule has 30 heavy (non-hydrogen) atoms. The first-order valence-corrected chi connectivity index (χ1v) is 10.6. The van der Waals surface area contributed by atoms with Gasteiger partial charge in [-0.1, -0.05) is 30.0 Å². The van der Waals surface area contributed by atoms with E-state index in [-0.39, 0.29) is 11.3 Å². The van der Waals surface area contributed by atoms with Gasteiger partial charge in [0.1, 0.15) is 11.5 Å². The summed E-state index contributed by atoms with van der Waals surface area (Å²) >= 11 is 2.68. The number of benzene rings is 1. The first kappa shape index (κ1) is 20.5. The minimum absolute atomic E-state index is 0.0149. The van der Waals surface area contributed by atoms with E-state index < -0.39 is 17.6 Å². The molecule has 0 radical (unpaired) electrons. The minimum Gasteiger partial charge on any atom is -0.295 e. The Bertz CT molecular complexity index is 1130. The van der Waals surface area contributed by atoms with Crippen molar-refractivity contribution >= 4 is 23.1 Å². The lowest BCUT2D eigenvalue weighted by Gasteiger charge is -2.13. The van der Waals surface area contributed by atoms with Crippen LogP contribution >= 0.6 is 23.1 Å². The molecule has 0 bridgehead atoms. The Balaban J connectivity index is 1.66. The molecule has 0 saturated carbocycles. The molecule has 0 N–H and O–H groups in total. The van der Waals surface area contributed by atoms with Crippen molar-refractivity contribution < 1.29 is 17.6 Å². The number of aromatic nitrogens is 4. The quantitative estimate of drug-likeness (QED) is 0.271. The first-order chi connectivity index (χ1) is 14.4. The van der Waals surface area contributed by atoms with Gasteiger partial charge in [0.05, 0.1) is 12.1 Å². The Labute approximate surface area is 177 Å². The standard InChI is InChI=1S/C20H14F4N4S2/c21-14-7-6-13(16(10-14)20(22,23)24)12-30-19-27-26-18(17-5-1-2-8-25-17)28(19)11-15-4-3-9-29-15/h1-10H,11-12H2. The highest BCUT2D eigenvalue weighted by Crippen LogP contribution is 2.35. The maximum Gasteiger partial charge on any atom is 0.416 e. The van der Waals surface area contributed by atoms with Gasteiger partial charge in [-0.3, -0.25) is 9.55 Å². The fourth-order valence-electron chi connectivity index (χ4n) is 2.86. The molecule has 0 amide bonds. The van der Waals surface area contributed by atoms with Crippen LogP contribution in [0.4, 0.5) is 17.6 Å². The third-order valence-electron chi connectivity index (χ3n) is 4.24. The number of hydrogen-bond acceptors (Lipinski definition) is 5. The lowest BCUT2D eigenvalue weighted by Crippen LogP contribution is -2.09. The van der Waals surface area contributed by atoms with Crippen LogP contribution in [-0.2, 0) is 18.5 Å². The first-order valence-electron chi connectivity index (χ1n) is 8.77. The van der Waals surface area contributed by atoms with Gasteiger partial charge in [-0.15, -0.1) is 21.5 Å². The summed E-state index contributed by atoms with van der Waals surface area (Å²) in [6.45, 7) is 0.467. The summed E-state index contributed by atoms with van der Waals surface area (Å²) in [7, 11) is 0. The normalized spacial score (nSPS) is 11.7. The van der Waals surface area contributed by atoms with Gasteiger partial charge in [0, 0.05) is 16.8 Å². The Hall–Kier alpha value is -2.72. The van der Waals surface area contributed by atoms with Crippen LogP contribution in [0.15, 0.2) is 65.3 Å². The molecule has 154 valence electrons. The number of alkyl halides is 3. The summed E-state index contributed by atoms with van der Waals surface area (Å²) < 4.78 is 55.1. The molecule has 0 aliphatic carbocycles. The van der Waals surface area contributed by atoms with E-state index in [0.717, 1.165) is 28.8 Å². The number of nitrogens with zero attached hydrogens (tertiary/aromatic N) is 4. The predicted octanol–water partition coefficient (Wildman–Crippen LogP) is 5.90. The number of rotatable bonds is 6. The van der Waals surface area contributed by atoms with Crippen LogP contribution < -0.4 is 0 Å². The number of pyridine rings is 1. The zero-order valence-electron chi connectivity index (χ0n) is 15.3. The monoisotopic (exact) mass is 450 g/mol. The summed E-state index contributed by atoms with van der Waals surface area (Å²) in [5, 5.41) is 10.8. The third-order valence-corrected chi connectivity index (χ3v) is 6.12. The van der Waals surface area contributed by atoms with E-state index in [2.05, 4.69) is 15.2 Å². The Morgan fingerprint density at radius 3 is 2.60 bits per heavy atom. The van der Waals surface area contributed by atoms with E-state index in [9.17, 15) is 17.6 Å². The molecule has 0 aliphatic rings. The SMILES string of the molecule is Fc1ccc(CSc2nnc(-c3ccccn3)n2Cc2cccs2)c(C(F)(F)F)c1. The number of thiophene rings is 1.